The fourth-order valence-corrected chi connectivity index (χ4v) is 2.60. The first-order valence-electron chi connectivity index (χ1n) is 9.03. The van der Waals surface area contributed by atoms with Crippen molar-refractivity contribution in [2.45, 2.75) is 26.8 Å². The van der Waals surface area contributed by atoms with Gasteiger partial charge in [0.2, 0.25) is 17.7 Å². The van der Waals surface area contributed by atoms with Gasteiger partial charge in [-0.25, -0.2) is 4.39 Å². The minimum absolute atomic E-state index is 0.179. The maximum atomic E-state index is 13.0. The van der Waals surface area contributed by atoms with Gasteiger partial charge < -0.3 is 15.5 Å². The van der Waals surface area contributed by atoms with Gasteiger partial charge in [-0.1, -0.05) is 31.2 Å². The standard InChI is InChI=1S/C21H24FN3O3/c1-3-21(28)25(13-16-7-9-17(22)10-8-16)14-20(27)23-12-19(26)24-18-6-4-5-15(2)11-18/h4-11H,3,12-14H2,1-2H3,(H,23,27)(H,24,26). The summed E-state index contributed by atoms with van der Waals surface area (Å²) in [5.74, 6) is -1.37. The smallest absolute Gasteiger partial charge is 0.243 e. The number of benzene rings is 2. The van der Waals surface area contributed by atoms with Crippen molar-refractivity contribution in [1.82, 2.24) is 10.2 Å². The second kappa shape index (κ2) is 10.2. The summed E-state index contributed by atoms with van der Waals surface area (Å²) in [7, 11) is 0. The Kier molecular flexibility index (Phi) is 7.68. The van der Waals surface area contributed by atoms with Crippen molar-refractivity contribution in [3.63, 3.8) is 0 Å². The molecule has 0 heterocycles. The van der Waals surface area contributed by atoms with Gasteiger partial charge in [-0.15, -0.1) is 0 Å². The number of hydrogen-bond acceptors (Lipinski definition) is 3. The molecule has 0 radical (unpaired) electrons. The summed E-state index contributed by atoms with van der Waals surface area (Å²) in [6.07, 6.45) is 0.238. The van der Waals surface area contributed by atoms with E-state index in [1.54, 1.807) is 25.1 Å². The van der Waals surface area contributed by atoms with E-state index in [-0.39, 0.29) is 43.7 Å². The fraction of sp³-hybridized carbons (Fsp3) is 0.286. The van der Waals surface area contributed by atoms with Gasteiger partial charge in [-0.2, -0.15) is 0 Å². The van der Waals surface area contributed by atoms with Crippen molar-refractivity contribution in [2.75, 3.05) is 18.4 Å². The zero-order valence-electron chi connectivity index (χ0n) is 16.0. The molecule has 0 aliphatic rings. The summed E-state index contributed by atoms with van der Waals surface area (Å²) >= 11 is 0. The Bertz CT molecular complexity index is 837. The molecule has 0 fully saturated rings. The monoisotopic (exact) mass is 385 g/mol. The van der Waals surface area contributed by atoms with Crippen LogP contribution in [0.15, 0.2) is 48.5 Å². The lowest BCUT2D eigenvalue weighted by molar-refractivity contribution is -0.136. The summed E-state index contributed by atoms with van der Waals surface area (Å²) in [6.45, 7) is 3.43. The molecule has 0 aliphatic carbocycles. The first-order valence-corrected chi connectivity index (χ1v) is 9.03. The van der Waals surface area contributed by atoms with Gasteiger partial charge in [0.15, 0.2) is 0 Å². The number of aryl methyl sites for hydroxylation is 1. The van der Waals surface area contributed by atoms with E-state index < -0.39 is 5.91 Å². The summed E-state index contributed by atoms with van der Waals surface area (Å²) in [6, 6.07) is 13.1. The highest BCUT2D eigenvalue weighted by Crippen LogP contribution is 2.09. The van der Waals surface area contributed by atoms with Gasteiger partial charge in [0.05, 0.1) is 13.1 Å². The second-order valence-corrected chi connectivity index (χ2v) is 6.42. The van der Waals surface area contributed by atoms with Crippen molar-refractivity contribution in [2.24, 2.45) is 0 Å². The van der Waals surface area contributed by atoms with Crippen LogP contribution in [0.1, 0.15) is 24.5 Å². The number of hydrogen-bond donors (Lipinski definition) is 2. The van der Waals surface area contributed by atoms with E-state index in [4.69, 9.17) is 0 Å². The SMILES string of the molecule is CCC(=O)N(CC(=O)NCC(=O)Nc1cccc(C)c1)Cc1ccc(F)cc1. The quantitative estimate of drug-likeness (QED) is 0.733. The molecule has 0 saturated heterocycles. The predicted molar refractivity (Wildman–Crippen MR) is 105 cm³/mol. The van der Waals surface area contributed by atoms with Crippen LogP contribution in [0.4, 0.5) is 10.1 Å². The molecule has 0 atom stereocenters. The van der Waals surface area contributed by atoms with Crippen LogP contribution in [0.5, 0.6) is 0 Å². The molecule has 0 saturated carbocycles. The van der Waals surface area contributed by atoms with Gasteiger partial charge in [-0.3, -0.25) is 14.4 Å². The highest BCUT2D eigenvalue weighted by atomic mass is 19.1. The Morgan fingerprint density at radius 1 is 1.04 bits per heavy atom. The van der Waals surface area contributed by atoms with Crippen LogP contribution in [0.25, 0.3) is 0 Å². The summed E-state index contributed by atoms with van der Waals surface area (Å²) in [5, 5.41) is 5.22. The van der Waals surface area contributed by atoms with Gasteiger partial charge in [0.25, 0.3) is 0 Å². The zero-order chi connectivity index (χ0) is 20.5. The Labute approximate surface area is 163 Å². The Hall–Kier alpha value is -3.22. The van der Waals surface area contributed by atoms with Crippen molar-refractivity contribution >= 4 is 23.4 Å². The molecule has 0 aliphatic heterocycles. The number of amides is 3. The third-order valence-corrected chi connectivity index (χ3v) is 4.02. The molecule has 0 bridgehead atoms. The van der Waals surface area contributed by atoms with E-state index in [0.717, 1.165) is 5.56 Å². The highest BCUT2D eigenvalue weighted by Gasteiger charge is 2.17. The van der Waals surface area contributed by atoms with Crippen molar-refractivity contribution < 1.29 is 18.8 Å². The molecule has 2 N–H and O–H groups in total. The maximum absolute atomic E-state index is 13.0. The van der Waals surface area contributed by atoms with E-state index in [9.17, 15) is 18.8 Å². The Morgan fingerprint density at radius 3 is 2.39 bits per heavy atom. The Balaban J connectivity index is 1.87. The van der Waals surface area contributed by atoms with Crippen LogP contribution in [-0.2, 0) is 20.9 Å². The molecule has 0 aromatic heterocycles. The zero-order valence-corrected chi connectivity index (χ0v) is 16.0. The maximum Gasteiger partial charge on any atom is 0.243 e. The number of halogens is 1. The van der Waals surface area contributed by atoms with E-state index in [1.165, 1.54) is 17.0 Å². The molecule has 148 valence electrons. The number of carbonyl (C=O) groups excluding carboxylic acids is 3. The Morgan fingerprint density at radius 2 is 1.75 bits per heavy atom. The van der Waals surface area contributed by atoms with Crippen molar-refractivity contribution in [1.29, 1.82) is 0 Å². The van der Waals surface area contributed by atoms with Crippen LogP contribution in [0, 0.1) is 12.7 Å². The van der Waals surface area contributed by atoms with Crippen molar-refractivity contribution in [3.05, 3.63) is 65.5 Å². The van der Waals surface area contributed by atoms with Crippen LogP contribution < -0.4 is 10.6 Å². The van der Waals surface area contributed by atoms with E-state index in [0.29, 0.717) is 11.3 Å². The van der Waals surface area contributed by atoms with E-state index >= 15 is 0 Å². The third-order valence-electron chi connectivity index (χ3n) is 4.02. The molecule has 3 amide bonds. The van der Waals surface area contributed by atoms with Gasteiger partial charge in [-0.05, 0) is 42.3 Å². The number of nitrogens with zero attached hydrogens (tertiary/aromatic N) is 1. The molecule has 2 rings (SSSR count). The average molecular weight is 385 g/mol. The predicted octanol–water partition coefficient (Wildman–Crippen LogP) is 2.63. The van der Waals surface area contributed by atoms with Gasteiger partial charge >= 0.3 is 0 Å². The molecule has 0 spiro atoms. The fourth-order valence-electron chi connectivity index (χ4n) is 2.60. The van der Waals surface area contributed by atoms with Gasteiger partial charge in [0.1, 0.15) is 5.82 Å². The second-order valence-electron chi connectivity index (χ2n) is 6.42. The lowest BCUT2D eigenvalue weighted by Gasteiger charge is -2.22. The van der Waals surface area contributed by atoms with Crippen LogP contribution in [0.3, 0.4) is 0 Å². The molecule has 2 aromatic carbocycles. The third kappa shape index (κ3) is 6.83. The lowest BCUT2D eigenvalue weighted by atomic mass is 10.2. The molecule has 6 nitrogen and oxygen atoms in total. The number of nitrogens with one attached hydrogen (secondary N) is 2. The molecule has 28 heavy (non-hydrogen) atoms. The molecule has 2 aromatic rings. The van der Waals surface area contributed by atoms with Crippen LogP contribution in [0.2, 0.25) is 0 Å². The minimum atomic E-state index is -0.441. The first-order chi connectivity index (χ1) is 13.4. The summed E-state index contributed by atoms with van der Waals surface area (Å²) < 4.78 is 13.0. The number of rotatable bonds is 8. The van der Waals surface area contributed by atoms with E-state index in [1.807, 2.05) is 25.1 Å². The summed E-state index contributed by atoms with van der Waals surface area (Å²) in [4.78, 5) is 37.7. The topological polar surface area (TPSA) is 78.5 Å². The molecular formula is C21H24FN3O3. The van der Waals surface area contributed by atoms with E-state index in [2.05, 4.69) is 10.6 Å². The average Bonchev–Trinajstić information content (AvgIpc) is 2.67. The molecule has 0 unspecified atom stereocenters. The lowest BCUT2D eigenvalue weighted by Crippen LogP contribution is -2.42. The number of carbonyl (C=O) groups is 3. The van der Waals surface area contributed by atoms with Crippen LogP contribution >= 0.6 is 0 Å². The van der Waals surface area contributed by atoms with Gasteiger partial charge in [0, 0.05) is 18.7 Å². The number of anilines is 1. The minimum Gasteiger partial charge on any atom is -0.345 e. The highest BCUT2D eigenvalue weighted by molar-refractivity contribution is 5.95. The summed E-state index contributed by atoms with van der Waals surface area (Å²) in [5.41, 5.74) is 2.38. The normalized spacial score (nSPS) is 10.2. The largest absolute Gasteiger partial charge is 0.345 e. The van der Waals surface area contributed by atoms with Crippen LogP contribution in [-0.4, -0.2) is 35.7 Å². The first kappa shape index (κ1) is 21.1. The van der Waals surface area contributed by atoms with Crippen molar-refractivity contribution in [3.8, 4) is 0 Å². The molecular weight excluding hydrogens is 361 g/mol. The molecule has 7 heteroatoms.